The van der Waals surface area contributed by atoms with Crippen LogP contribution < -0.4 is 5.32 Å². The minimum atomic E-state index is -0.246. The van der Waals surface area contributed by atoms with Gasteiger partial charge < -0.3 is 19.9 Å². The van der Waals surface area contributed by atoms with Crippen molar-refractivity contribution < 1.29 is 9.53 Å². The van der Waals surface area contributed by atoms with Gasteiger partial charge in [-0.05, 0) is 75.5 Å². The fourth-order valence-corrected chi connectivity index (χ4v) is 4.50. The number of pyridine rings is 1. The number of nitrogens with one attached hydrogen (secondary N) is 2. The first-order valence-corrected chi connectivity index (χ1v) is 11.7. The second kappa shape index (κ2) is 10.5. The van der Waals surface area contributed by atoms with Crippen molar-refractivity contribution in [3.05, 3.63) is 65.1 Å². The number of fused-ring (bicyclic) bond motifs is 1. The molecule has 1 aliphatic heterocycles. The molecule has 1 aromatic carbocycles. The highest BCUT2D eigenvalue weighted by Crippen LogP contribution is 2.24. The Morgan fingerprint density at radius 3 is 2.72 bits per heavy atom. The maximum Gasteiger partial charge on any atom is 0.251 e. The molecule has 0 bridgehead atoms. The number of ether oxygens (including phenoxy) is 1. The third-order valence-corrected chi connectivity index (χ3v) is 6.64. The molecule has 4 rings (SSSR count). The first kappa shape index (κ1) is 22.8. The quantitative estimate of drug-likeness (QED) is 0.511. The number of rotatable bonds is 8. The van der Waals surface area contributed by atoms with Gasteiger partial charge in [0.1, 0.15) is 0 Å². The Kier molecular flexibility index (Phi) is 7.45. The van der Waals surface area contributed by atoms with Gasteiger partial charge in [-0.1, -0.05) is 17.7 Å². The first-order chi connectivity index (χ1) is 15.5. The van der Waals surface area contributed by atoms with Crippen LogP contribution in [0.1, 0.15) is 48.7 Å². The minimum Gasteiger partial charge on any atom is -0.379 e. The van der Waals surface area contributed by atoms with Gasteiger partial charge in [0.05, 0.1) is 17.7 Å². The number of hydrogen-bond donors (Lipinski definition) is 2. The fraction of sp³-hybridized carbons (Fsp3) is 0.440. The van der Waals surface area contributed by atoms with Crippen LogP contribution in [0.15, 0.2) is 48.9 Å². The number of nitrogens with zero attached hydrogens (tertiary/aromatic N) is 2. The summed E-state index contributed by atoms with van der Waals surface area (Å²) in [4.78, 5) is 22.7. The van der Waals surface area contributed by atoms with E-state index in [2.05, 4.69) is 34.0 Å². The van der Waals surface area contributed by atoms with Gasteiger partial charge in [-0.3, -0.25) is 9.78 Å². The van der Waals surface area contributed by atoms with Crippen LogP contribution in [0.3, 0.4) is 0 Å². The molecule has 1 fully saturated rings. The van der Waals surface area contributed by atoms with Gasteiger partial charge in [0, 0.05) is 47.7 Å². The largest absolute Gasteiger partial charge is 0.379 e. The number of halogens is 1. The number of carbonyl (C=O) groups is 1. The van der Waals surface area contributed by atoms with Gasteiger partial charge >= 0.3 is 0 Å². The van der Waals surface area contributed by atoms with Crippen LogP contribution in [0.5, 0.6) is 0 Å². The zero-order valence-electron chi connectivity index (χ0n) is 18.7. The Bertz CT molecular complexity index is 1030. The average Bonchev–Trinajstić information content (AvgIpc) is 3.19. The smallest absolute Gasteiger partial charge is 0.251 e. The maximum atomic E-state index is 13.0. The summed E-state index contributed by atoms with van der Waals surface area (Å²) >= 11 is 6.16. The lowest BCUT2D eigenvalue weighted by Gasteiger charge is -2.34. The number of piperidine rings is 1. The van der Waals surface area contributed by atoms with Crippen molar-refractivity contribution in [1.82, 2.24) is 20.2 Å². The predicted molar refractivity (Wildman–Crippen MR) is 128 cm³/mol. The molecule has 1 amide bonds. The van der Waals surface area contributed by atoms with Gasteiger partial charge in [0.2, 0.25) is 0 Å². The summed E-state index contributed by atoms with van der Waals surface area (Å²) in [5.74, 6) is 0.423. The normalized spacial score (nSPS) is 16.5. The van der Waals surface area contributed by atoms with Crippen LogP contribution in [0.2, 0.25) is 5.02 Å². The van der Waals surface area contributed by atoms with Crippen molar-refractivity contribution in [3.63, 3.8) is 0 Å². The number of H-pyrrole nitrogens is 1. The highest BCUT2D eigenvalue weighted by molar-refractivity contribution is 6.35. The summed E-state index contributed by atoms with van der Waals surface area (Å²) in [6.45, 7) is 7.90. The standard InChI is InChI=1S/C25H31ClN4O2/c1-17(2)30-11-7-18(8-12-30)15-32-16-24(19-5-9-27-10-6-19)29-25(31)20-3-4-21-22(26)14-28-23(21)13-20/h3-6,9-10,13-14,17-18,24,28H,7-8,11-12,15-16H2,1-2H3,(H,29,31). The molecule has 1 unspecified atom stereocenters. The number of carbonyl (C=O) groups excluding carboxylic acids is 1. The first-order valence-electron chi connectivity index (χ1n) is 11.3. The Labute approximate surface area is 194 Å². The van der Waals surface area contributed by atoms with E-state index in [1.54, 1.807) is 24.7 Å². The number of likely N-dealkylation sites (tertiary alicyclic amines) is 1. The van der Waals surface area contributed by atoms with Gasteiger partial charge in [-0.25, -0.2) is 0 Å². The second-order valence-corrected chi connectivity index (χ2v) is 9.22. The molecule has 3 heterocycles. The van der Waals surface area contributed by atoms with Crippen molar-refractivity contribution in [2.24, 2.45) is 5.92 Å². The molecule has 7 heteroatoms. The number of amides is 1. The van der Waals surface area contributed by atoms with Crippen LogP contribution in [0.25, 0.3) is 10.9 Å². The van der Waals surface area contributed by atoms with Crippen molar-refractivity contribution >= 4 is 28.4 Å². The van der Waals surface area contributed by atoms with Crippen LogP contribution in [-0.4, -0.2) is 53.1 Å². The van der Waals surface area contributed by atoms with Gasteiger partial charge in [0.25, 0.3) is 5.91 Å². The van der Waals surface area contributed by atoms with Crippen molar-refractivity contribution in [1.29, 1.82) is 0 Å². The van der Waals surface area contributed by atoms with Crippen LogP contribution in [-0.2, 0) is 4.74 Å². The van der Waals surface area contributed by atoms with E-state index in [-0.39, 0.29) is 11.9 Å². The summed E-state index contributed by atoms with van der Waals surface area (Å²) in [6, 6.07) is 9.68. The molecular weight excluding hydrogens is 424 g/mol. The lowest BCUT2D eigenvalue weighted by molar-refractivity contribution is 0.0473. The molecule has 170 valence electrons. The molecule has 1 atom stereocenters. The van der Waals surface area contributed by atoms with E-state index in [4.69, 9.17) is 16.3 Å². The molecule has 1 saturated heterocycles. The van der Waals surface area contributed by atoms with Gasteiger partial charge in [-0.15, -0.1) is 0 Å². The predicted octanol–water partition coefficient (Wildman–Crippen LogP) is 4.82. The second-order valence-electron chi connectivity index (χ2n) is 8.81. The van der Waals surface area contributed by atoms with Crippen LogP contribution in [0.4, 0.5) is 0 Å². The van der Waals surface area contributed by atoms with Gasteiger partial charge in [0.15, 0.2) is 0 Å². The highest BCUT2D eigenvalue weighted by Gasteiger charge is 2.22. The minimum absolute atomic E-state index is 0.145. The van der Waals surface area contributed by atoms with E-state index in [1.807, 2.05) is 24.3 Å². The van der Waals surface area contributed by atoms with E-state index in [0.29, 0.717) is 29.2 Å². The Balaban J connectivity index is 1.38. The van der Waals surface area contributed by atoms with Crippen molar-refractivity contribution in [3.8, 4) is 0 Å². The van der Waals surface area contributed by atoms with Crippen molar-refractivity contribution in [2.75, 3.05) is 26.3 Å². The number of aromatic amines is 1. The van der Waals surface area contributed by atoms with E-state index < -0.39 is 0 Å². The summed E-state index contributed by atoms with van der Waals surface area (Å²) in [5, 5.41) is 4.68. The molecule has 0 aliphatic carbocycles. The molecule has 0 saturated carbocycles. The van der Waals surface area contributed by atoms with E-state index >= 15 is 0 Å². The number of aromatic nitrogens is 2. The molecule has 0 spiro atoms. The molecule has 2 N–H and O–H groups in total. The van der Waals surface area contributed by atoms with Crippen LogP contribution >= 0.6 is 11.6 Å². The van der Waals surface area contributed by atoms with Crippen LogP contribution in [0, 0.1) is 5.92 Å². The zero-order chi connectivity index (χ0) is 22.5. The highest BCUT2D eigenvalue weighted by atomic mass is 35.5. The average molecular weight is 455 g/mol. The summed E-state index contributed by atoms with van der Waals surface area (Å²) in [6.07, 6.45) is 7.52. The van der Waals surface area contributed by atoms with E-state index in [9.17, 15) is 4.79 Å². The van der Waals surface area contributed by atoms with Gasteiger partial charge in [-0.2, -0.15) is 0 Å². The number of hydrogen-bond acceptors (Lipinski definition) is 4. The molecule has 1 aliphatic rings. The summed E-state index contributed by atoms with van der Waals surface area (Å²) < 4.78 is 6.12. The molecule has 6 nitrogen and oxygen atoms in total. The van der Waals surface area contributed by atoms with E-state index in [1.165, 1.54) is 0 Å². The third-order valence-electron chi connectivity index (χ3n) is 6.32. The SMILES string of the molecule is CC(C)N1CCC(COCC(NC(=O)c2ccc3c(Cl)c[nH]c3c2)c2ccncc2)CC1. The van der Waals surface area contributed by atoms with E-state index in [0.717, 1.165) is 49.0 Å². The summed E-state index contributed by atoms with van der Waals surface area (Å²) in [7, 11) is 0. The summed E-state index contributed by atoms with van der Waals surface area (Å²) in [5.41, 5.74) is 2.40. The molecule has 2 aromatic heterocycles. The molecule has 0 radical (unpaired) electrons. The zero-order valence-corrected chi connectivity index (χ0v) is 19.4. The lowest BCUT2D eigenvalue weighted by Crippen LogP contribution is -2.39. The topological polar surface area (TPSA) is 70.2 Å². The number of benzene rings is 1. The molecule has 3 aromatic rings. The molecule has 32 heavy (non-hydrogen) atoms. The monoisotopic (exact) mass is 454 g/mol. The van der Waals surface area contributed by atoms with Crippen molar-refractivity contribution in [2.45, 2.75) is 38.8 Å². The Morgan fingerprint density at radius 2 is 2.00 bits per heavy atom. The Morgan fingerprint density at radius 1 is 1.25 bits per heavy atom. The fourth-order valence-electron chi connectivity index (χ4n) is 4.28. The lowest BCUT2D eigenvalue weighted by atomic mass is 9.97. The third kappa shape index (κ3) is 5.49. The Hall–Kier alpha value is -2.41. The molecular formula is C25H31ClN4O2. The maximum absolute atomic E-state index is 13.0.